The number of hydrogen-bond donors (Lipinski definition) is 3. The molecule has 0 aliphatic rings. The minimum Gasteiger partial charge on any atom is -0.508 e. The van der Waals surface area contributed by atoms with Crippen molar-refractivity contribution in [2.24, 2.45) is 4.99 Å². The number of nitrogens with zero attached hydrogens (tertiary/aromatic N) is 1. The molecule has 0 spiro atoms. The lowest BCUT2D eigenvalue weighted by atomic mass is 10.1. The molecule has 0 saturated carbocycles. The Kier molecular flexibility index (Phi) is 11.2. The maximum Gasteiger partial charge on any atom is 0.191 e. The van der Waals surface area contributed by atoms with E-state index < -0.39 is 0 Å². The van der Waals surface area contributed by atoms with Gasteiger partial charge in [-0.25, -0.2) is 0 Å². The van der Waals surface area contributed by atoms with Gasteiger partial charge in [-0.2, -0.15) is 0 Å². The summed E-state index contributed by atoms with van der Waals surface area (Å²) in [7, 11) is 3.27. The second-order valence-corrected chi connectivity index (χ2v) is 6.05. The average molecular weight is 499 g/mol. The van der Waals surface area contributed by atoms with Gasteiger partial charge in [-0.1, -0.05) is 18.2 Å². The van der Waals surface area contributed by atoms with E-state index in [1.807, 2.05) is 37.3 Å². The molecule has 0 radical (unpaired) electrons. The molecule has 0 bridgehead atoms. The summed E-state index contributed by atoms with van der Waals surface area (Å²) in [6, 6.07) is 13.2. The summed E-state index contributed by atoms with van der Waals surface area (Å²) in [5, 5.41) is 16.1. The number of hydrogen-bond acceptors (Lipinski definition) is 4. The molecule has 0 amide bonds. The largest absolute Gasteiger partial charge is 0.508 e. The Morgan fingerprint density at radius 1 is 0.964 bits per heavy atom. The molecule has 7 heteroatoms. The lowest BCUT2D eigenvalue weighted by Gasteiger charge is -2.12. The molecule has 0 atom stereocenters. The first kappa shape index (κ1) is 23.9. The lowest BCUT2D eigenvalue weighted by Crippen LogP contribution is -2.38. The number of nitrogens with one attached hydrogen (secondary N) is 2. The number of phenolic OH excluding ortho intramolecular Hbond substituents is 1. The zero-order chi connectivity index (χ0) is 19.5. The van der Waals surface area contributed by atoms with Gasteiger partial charge < -0.3 is 25.2 Å². The molecule has 0 heterocycles. The molecule has 2 aromatic carbocycles. The number of rotatable bonds is 9. The molecule has 0 aliphatic carbocycles. The fourth-order valence-corrected chi connectivity index (χ4v) is 2.71. The van der Waals surface area contributed by atoms with E-state index in [9.17, 15) is 5.11 Å². The van der Waals surface area contributed by atoms with Crippen LogP contribution in [0.25, 0.3) is 0 Å². The Morgan fingerprint density at radius 2 is 1.71 bits per heavy atom. The Bertz CT molecular complexity index is 753. The van der Waals surface area contributed by atoms with Gasteiger partial charge in [0.1, 0.15) is 5.75 Å². The van der Waals surface area contributed by atoms with Crippen molar-refractivity contribution in [1.82, 2.24) is 10.6 Å². The fraction of sp³-hybridized carbons (Fsp3) is 0.381. The van der Waals surface area contributed by atoms with E-state index in [-0.39, 0.29) is 24.0 Å². The van der Waals surface area contributed by atoms with Crippen LogP contribution in [0.2, 0.25) is 0 Å². The molecular weight excluding hydrogens is 469 g/mol. The summed E-state index contributed by atoms with van der Waals surface area (Å²) < 4.78 is 10.6. The van der Waals surface area contributed by atoms with Crippen LogP contribution in [0.1, 0.15) is 18.1 Å². The fourth-order valence-electron chi connectivity index (χ4n) is 2.71. The van der Waals surface area contributed by atoms with E-state index in [1.165, 1.54) is 0 Å². The molecule has 154 valence electrons. The van der Waals surface area contributed by atoms with Gasteiger partial charge in [-0.15, -0.1) is 24.0 Å². The predicted molar refractivity (Wildman–Crippen MR) is 124 cm³/mol. The van der Waals surface area contributed by atoms with Crippen molar-refractivity contribution in [3.8, 4) is 17.2 Å². The lowest BCUT2D eigenvalue weighted by molar-refractivity contribution is 0.354. The number of halogens is 1. The van der Waals surface area contributed by atoms with Gasteiger partial charge >= 0.3 is 0 Å². The standard InChI is InChI=1S/C21H29N3O3.HI/c1-4-22-21(23-12-10-16-6-5-7-18(25)14-16)24-13-11-17-8-9-19(26-2)20(15-17)27-3;/h5-9,14-15,25H,4,10-13H2,1-3H3,(H2,22,23,24);1H. The number of ether oxygens (including phenoxy) is 2. The third-order valence-electron chi connectivity index (χ3n) is 4.08. The van der Waals surface area contributed by atoms with E-state index >= 15 is 0 Å². The molecule has 0 saturated heterocycles. The van der Waals surface area contributed by atoms with Crippen LogP contribution in [0.15, 0.2) is 47.5 Å². The van der Waals surface area contributed by atoms with Gasteiger partial charge in [0, 0.05) is 19.6 Å². The number of guanidine groups is 1. The smallest absolute Gasteiger partial charge is 0.191 e. The van der Waals surface area contributed by atoms with Crippen LogP contribution in [0, 0.1) is 0 Å². The molecule has 6 nitrogen and oxygen atoms in total. The highest BCUT2D eigenvalue weighted by Gasteiger charge is 2.04. The normalized spacial score (nSPS) is 10.8. The maximum absolute atomic E-state index is 9.53. The topological polar surface area (TPSA) is 75.1 Å². The molecule has 2 rings (SSSR count). The first-order chi connectivity index (χ1) is 13.2. The van der Waals surface area contributed by atoms with Crippen molar-refractivity contribution in [3.63, 3.8) is 0 Å². The Balaban J connectivity index is 0.00000392. The van der Waals surface area contributed by atoms with Crippen LogP contribution in [-0.4, -0.2) is 44.9 Å². The van der Waals surface area contributed by atoms with Crippen LogP contribution in [-0.2, 0) is 12.8 Å². The van der Waals surface area contributed by atoms with Gasteiger partial charge in [0.05, 0.1) is 14.2 Å². The zero-order valence-corrected chi connectivity index (χ0v) is 19.0. The monoisotopic (exact) mass is 499 g/mol. The maximum atomic E-state index is 9.53. The molecule has 0 aliphatic heterocycles. The minimum absolute atomic E-state index is 0. The van der Waals surface area contributed by atoms with Crippen LogP contribution < -0.4 is 20.1 Å². The first-order valence-corrected chi connectivity index (χ1v) is 9.17. The summed E-state index contributed by atoms with van der Waals surface area (Å²) in [4.78, 5) is 4.63. The molecule has 0 unspecified atom stereocenters. The highest BCUT2D eigenvalue weighted by molar-refractivity contribution is 14.0. The Hall–Kier alpha value is -2.16. The van der Waals surface area contributed by atoms with E-state index in [0.717, 1.165) is 54.5 Å². The Morgan fingerprint density at radius 3 is 2.39 bits per heavy atom. The second kappa shape index (κ2) is 13.1. The summed E-state index contributed by atoms with van der Waals surface area (Å²) >= 11 is 0. The summed E-state index contributed by atoms with van der Waals surface area (Å²) in [5.41, 5.74) is 2.23. The van der Waals surface area contributed by atoms with Crippen molar-refractivity contribution in [3.05, 3.63) is 53.6 Å². The number of phenols is 1. The molecule has 0 fully saturated rings. The van der Waals surface area contributed by atoms with Gasteiger partial charge in [0.15, 0.2) is 17.5 Å². The van der Waals surface area contributed by atoms with E-state index in [2.05, 4.69) is 15.6 Å². The molecule has 28 heavy (non-hydrogen) atoms. The molecule has 2 aromatic rings. The average Bonchev–Trinajstić information content (AvgIpc) is 2.68. The molecular formula is C21H30IN3O3. The van der Waals surface area contributed by atoms with E-state index in [4.69, 9.17) is 9.47 Å². The zero-order valence-electron chi connectivity index (χ0n) is 16.7. The van der Waals surface area contributed by atoms with E-state index in [1.54, 1.807) is 26.4 Å². The van der Waals surface area contributed by atoms with Gasteiger partial charge in [0.2, 0.25) is 0 Å². The summed E-state index contributed by atoms with van der Waals surface area (Å²) in [6.07, 6.45) is 1.62. The SMILES string of the molecule is CCNC(=NCCc1ccc(OC)c(OC)c1)NCCc1cccc(O)c1.I. The summed E-state index contributed by atoms with van der Waals surface area (Å²) in [6.45, 7) is 4.25. The highest BCUT2D eigenvalue weighted by atomic mass is 127. The van der Waals surface area contributed by atoms with Crippen molar-refractivity contribution in [2.75, 3.05) is 33.9 Å². The van der Waals surface area contributed by atoms with Crippen molar-refractivity contribution >= 4 is 29.9 Å². The Labute approximate surface area is 184 Å². The van der Waals surface area contributed by atoms with Gasteiger partial charge in [-0.3, -0.25) is 4.99 Å². The number of aromatic hydroxyl groups is 1. The third-order valence-corrected chi connectivity index (χ3v) is 4.08. The first-order valence-electron chi connectivity index (χ1n) is 9.17. The third kappa shape index (κ3) is 7.84. The van der Waals surface area contributed by atoms with Crippen LogP contribution in [0.5, 0.6) is 17.2 Å². The van der Waals surface area contributed by atoms with Crippen LogP contribution >= 0.6 is 24.0 Å². The number of benzene rings is 2. The van der Waals surface area contributed by atoms with Gasteiger partial charge in [-0.05, 0) is 55.2 Å². The van der Waals surface area contributed by atoms with Crippen molar-refractivity contribution in [2.45, 2.75) is 19.8 Å². The summed E-state index contributed by atoms with van der Waals surface area (Å²) in [5.74, 6) is 2.54. The number of aliphatic imine (C=N–C) groups is 1. The van der Waals surface area contributed by atoms with Crippen molar-refractivity contribution in [1.29, 1.82) is 0 Å². The predicted octanol–water partition coefficient (Wildman–Crippen LogP) is 3.37. The minimum atomic E-state index is 0. The molecule has 3 N–H and O–H groups in total. The van der Waals surface area contributed by atoms with Crippen LogP contribution in [0.3, 0.4) is 0 Å². The highest BCUT2D eigenvalue weighted by Crippen LogP contribution is 2.27. The second-order valence-electron chi connectivity index (χ2n) is 6.05. The van der Waals surface area contributed by atoms with E-state index in [0.29, 0.717) is 12.3 Å². The number of methoxy groups -OCH3 is 2. The van der Waals surface area contributed by atoms with Gasteiger partial charge in [0.25, 0.3) is 0 Å². The molecule has 0 aromatic heterocycles. The quantitative estimate of drug-likeness (QED) is 0.280. The van der Waals surface area contributed by atoms with Crippen molar-refractivity contribution < 1.29 is 14.6 Å². The van der Waals surface area contributed by atoms with Crippen LogP contribution in [0.4, 0.5) is 0 Å².